The zero-order valence-corrected chi connectivity index (χ0v) is 13.4. The molecule has 0 heterocycles. The first kappa shape index (κ1) is 15.9. The predicted octanol–water partition coefficient (Wildman–Crippen LogP) is 2.61. The smallest absolute Gasteiger partial charge is 0.338 e. The van der Waals surface area contributed by atoms with Gasteiger partial charge in [0.2, 0.25) is 0 Å². The molecule has 0 aliphatic heterocycles. The number of hydrogen-bond acceptors (Lipinski definition) is 3. The average Bonchev–Trinajstić information content (AvgIpc) is 2.36. The Hall–Kier alpha value is -1.11. The molecular formula is C14H18INO3. The van der Waals surface area contributed by atoms with Gasteiger partial charge >= 0.3 is 5.97 Å². The number of carbonyl (C=O) groups excluding carboxylic acids is 2. The highest BCUT2D eigenvalue weighted by Crippen LogP contribution is 2.08. The van der Waals surface area contributed by atoms with E-state index in [1.807, 2.05) is 32.9 Å². The molecule has 1 aromatic carbocycles. The zero-order valence-electron chi connectivity index (χ0n) is 11.3. The van der Waals surface area contributed by atoms with E-state index >= 15 is 0 Å². The summed E-state index contributed by atoms with van der Waals surface area (Å²) in [6.07, 6.45) is 0. The Kier molecular flexibility index (Phi) is 6.27. The van der Waals surface area contributed by atoms with Crippen LogP contribution in [0.1, 0.15) is 31.1 Å². The number of ether oxygens (including phenoxy) is 1. The molecule has 0 fully saturated rings. The molecule has 0 aliphatic rings. The van der Waals surface area contributed by atoms with Crippen molar-refractivity contribution in [2.45, 2.75) is 26.8 Å². The van der Waals surface area contributed by atoms with Crippen molar-refractivity contribution < 1.29 is 14.3 Å². The fourth-order valence-electron chi connectivity index (χ4n) is 1.26. The molecule has 1 rings (SSSR count). The summed E-state index contributed by atoms with van der Waals surface area (Å²) >= 11 is 2.15. The Morgan fingerprint density at radius 3 is 2.32 bits per heavy atom. The van der Waals surface area contributed by atoms with E-state index in [1.54, 1.807) is 12.1 Å². The van der Waals surface area contributed by atoms with Crippen molar-refractivity contribution in [3.05, 3.63) is 33.4 Å². The van der Waals surface area contributed by atoms with Gasteiger partial charge in [-0.3, -0.25) is 4.79 Å². The van der Waals surface area contributed by atoms with Gasteiger partial charge in [0.05, 0.1) is 5.56 Å². The van der Waals surface area contributed by atoms with Gasteiger partial charge in [-0.1, -0.05) is 13.8 Å². The van der Waals surface area contributed by atoms with Crippen molar-refractivity contribution in [1.29, 1.82) is 0 Å². The molecule has 0 aliphatic carbocycles. The van der Waals surface area contributed by atoms with Crippen molar-refractivity contribution in [2.75, 3.05) is 6.61 Å². The van der Waals surface area contributed by atoms with Gasteiger partial charge in [0.15, 0.2) is 6.61 Å². The van der Waals surface area contributed by atoms with Crippen LogP contribution in [-0.2, 0) is 9.53 Å². The number of rotatable bonds is 5. The van der Waals surface area contributed by atoms with E-state index in [4.69, 9.17) is 4.74 Å². The van der Waals surface area contributed by atoms with Crippen LogP contribution >= 0.6 is 22.6 Å². The highest BCUT2D eigenvalue weighted by atomic mass is 127. The van der Waals surface area contributed by atoms with E-state index in [0.717, 1.165) is 3.57 Å². The van der Waals surface area contributed by atoms with E-state index < -0.39 is 5.97 Å². The van der Waals surface area contributed by atoms with Crippen molar-refractivity contribution >= 4 is 34.5 Å². The Bertz CT molecular complexity index is 443. The predicted molar refractivity (Wildman–Crippen MR) is 81.9 cm³/mol. The van der Waals surface area contributed by atoms with Gasteiger partial charge in [0.25, 0.3) is 5.91 Å². The summed E-state index contributed by atoms with van der Waals surface area (Å²) in [7, 11) is 0. The van der Waals surface area contributed by atoms with E-state index in [0.29, 0.717) is 11.5 Å². The summed E-state index contributed by atoms with van der Waals surface area (Å²) in [5, 5.41) is 2.78. The molecule has 104 valence electrons. The Morgan fingerprint density at radius 1 is 1.21 bits per heavy atom. The molecule has 1 amide bonds. The van der Waals surface area contributed by atoms with E-state index in [9.17, 15) is 9.59 Å². The molecule has 0 saturated heterocycles. The molecule has 0 radical (unpaired) electrons. The highest BCUT2D eigenvalue weighted by Gasteiger charge is 2.13. The molecule has 19 heavy (non-hydrogen) atoms. The maximum Gasteiger partial charge on any atom is 0.338 e. The van der Waals surface area contributed by atoms with Crippen molar-refractivity contribution in [2.24, 2.45) is 5.92 Å². The molecule has 0 saturated carbocycles. The summed E-state index contributed by atoms with van der Waals surface area (Å²) in [6.45, 7) is 5.70. The lowest BCUT2D eigenvalue weighted by atomic mass is 10.1. The minimum absolute atomic E-state index is 0.0597. The zero-order chi connectivity index (χ0) is 14.4. The number of carbonyl (C=O) groups is 2. The van der Waals surface area contributed by atoms with Crippen molar-refractivity contribution in [3.63, 3.8) is 0 Å². The van der Waals surface area contributed by atoms with E-state index in [-0.39, 0.29) is 18.6 Å². The monoisotopic (exact) mass is 375 g/mol. The lowest BCUT2D eigenvalue weighted by molar-refractivity contribution is -0.125. The number of esters is 1. The van der Waals surface area contributed by atoms with Gasteiger partial charge < -0.3 is 10.1 Å². The fourth-order valence-corrected chi connectivity index (χ4v) is 1.62. The average molecular weight is 375 g/mol. The van der Waals surface area contributed by atoms with Crippen LogP contribution in [0.5, 0.6) is 0 Å². The quantitative estimate of drug-likeness (QED) is 0.636. The van der Waals surface area contributed by atoms with Crippen molar-refractivity contribution in [1.82, 2.24) is 5.32 Å². The Balaban J connectivity index is 2.42. The van der Waals surface area contributed by atoms with Gasteiger partial charge in [0.1, 0.15) is 0 Å². The highest BCUT2D eigenvalue weighted by molar-refractivity contribution is 14.1. The van der Waals surface area contributed by atoms with Gasteiger partial charge in [-0.2, -0.15) is 0 Å². The second kappa shape index (κ2) is 7.47. The Labute approximate surface area is 127 Å². The first-order valence-electron chi connectivity index (χ1n) is 6.12. The molecular weight excluding hydrogens is 357 g/mol. The summed E-state index contributed by atoms with van der Waals surface area (Å²) in [6, 6.07) is 7.05. The van der Waals surface area contributed by atoms with E-state index in [2.05, 4.69) is 27.9 Å². The first-order chi connectivity index (χ1) is 8.90. The summed E-state index contributed by atoms with van der Waals surface area (Å²) < 4.78 is 6.00. The number of amides is 1. The van der Waals surface area contributed by atoms with Gasteiger partial charge in [0, 0.05) is 9.61 Å². The van der Waals surface area contributed by atoms with Crippen LogP contribution < -0.4 is 5.32 Å². The maximum absolute atomic E-state index is 11.7. The lowest BCUT2D eigenvalue weighted by Gasteiger charge is -2.17. The third kappa shape index (κ3) is 5.59. The minimum Gasteiger partial charge on any atom is -0.452 e. The standard InChI is InChI=1S/C14H18INO3/c1-9(2)10(3)16-13(17)8-19-14(18)11-4-6-12(15)7-5-11/h4-7,9-10H,8H2,1-3H3,(H,16,17)/t10-/m0/s1. The molecule has 0 spiro atoms. The Morgan fingerprint density at radius 2 is 1.79 bits per heavy atom. The minimum atomic E-state index is -0.483. The summed E-state index contributed by atoms with van der Waals surface area (Å²) in [5.74, 6) is -0.417. The number of hydrogen-bond donors (Lipinski definition) is 1. The third-order valence-corrected chi connectivity index (χ3v) is 3.52. The molecule has 4 nitrogen and oxygen atoms in total. The summed E-state index contributed by atoms with van der Waals surface area (Å²) in [5.41, 5.74) is 0.449. The van der Waals surface area contributed by atoms with Crippen LogP contribution in [0.25, 0.3) is 0 Å². The molecule has 0 aromatic heterocycles. The van der Waals surface area contributed by atoms with Crippen LogP contribution in [0.3, 0.4) is 0 Å². The largest absolute Gasteiger partial charge is 0.452 e. The van der Waals surface area contributed by atoms with Crippen LogP contribution in [-0.4, -0.2) is 24.5 Å². The van der Waals surface area contributed by atoms with Gasteiger partial charge in [-0.15, -0.1) is 0 Å². The number of nitrogens with one attached hydrogen (secondary N) is 1. The molecule has 1 N–H and O–H groups in total. The summed E-state index contributed by atoms with van der Waals surface area (Å²) in [4.78, 5) is 23.2. The normalized spacial score (nSPS) is 12.1. The van der Waals surface area contributed by atoms with E-state index in [1.165, 1.54) is 0 Å². The molecule has 0 unspecified atom stereocenters. The van der Waals surface area contributed by atoms with Crippen LogP contribution in [0, 0.1) is 9.49 Å². The number of benzene rings is 1. The topological polar surface area (TPSA) is 55.4 Å². The molecule has 0 bridgehead atoms. The maximum atomic E-state index is 11.7. The van der Waals surface area contributed by atoms with Gasteiger partial charge in [-0.05, 0) is 59.7 Å². The first-order valence-corrected chi connectivity index (χ1v) is 7.20. The number of halogens is 1. The third-order valence-electron chi connectivity index (χ3n) is 2.80. The van der Waals surface area contributed by atoms with Crippen LogP contribution in [0.15, 0.2) is 24.3 Å². The second-order valence-electron chi connectivity index (χ2n) is 4.68. The van der Waals surface area contributed by atoms with Crippen LogP contribution in [0.4, 0.5) is 0 Å². The van der Waals surface area contributed by atoms with Gasteiger partial charge in [-0.25, -0.2) is 4.79 Å². The molecule has 5 heteroatoms. The SMILES string of the molecule is CC(C)[C@H](C)NC(=O)COC(=O)c1ccc(I)cc1. The molecule has 1 atom stereocenters. The van der Waals surface area contributed by atoms with Crippen molar-refractivity contribution in [3.8, 4) is 0 Å². The second-order valence-corrected chi connectivity index (χ2v) is 5.93. The lowest BCUT2D eigenvalue weighted by Crippen LogP contribution is -2.38. The fraction of sp³-hybridized carbons (Fsp3) is 0.429. The molecule has 1 aromatic rings. The van der Waals surface area contributed by atoms with Crippen LogP contribution in [0.2, 0.25) is 0 Å².